The Bertz CT molecular complexity index is 582. The van der Waals surface area contributed by atoms with Crippen LogP contribution in [0, 0.1) is 23.4 Å². The molecule has 0 radical (unpaired) electrons. The minimum atomic E-state index is -1.63. The van der Waals surface area contributed by atoms with Gasteiger partial charge in [-0.2, -0.15) is 0 Å². The van der Waals surface area contributed by atoms with Gasteiger partial charge >= 0.3 is 0 Å². The van der Waals surface area contributed by atoms with Crippen molar-refractivity contribution < 1.29 is 18.0 Å². The van der Waals surface area contributed by atoms with Crippen molar-refractivity contribution in [1.29, 1.82) is 0 Å². The molecule has 0 saturated heterocycles. The molecule has 0 aliphatic carbocycles. The van der Waals surface area contributed by atoms with Gasteiger partial charge in [-0.3, -0.25) is 4.79 Å². The van der Waals surface area contributed by atoms with E-state index < -0.39 is 29.0 Å². The quantitative estimate of drug-likeness (QED) is 0.266. The fraction of sp³-hybridized carbons (Fsp3) is 0.467. The SMILES string of the molecule is CCNC(=NCC(=O)Nc1ccc(F)c(F)c1F)NCC(C)C.I. The highest BCUT2D eigenvalue weighted by Gasteiger charge is 2.15. The van der Waals surface area contributed by atoms with Crippen molar-refractivity contribution in [1.82, 2.24) is 10.6 Å². The topological polar surface area (TPSA) is 65.5 Å². The summed E-state index contributed by atoms with van der Waals surface area (Å²) in [6.07, 6.45) is 0. The number of anilines is 1. The molecule has 0 fully saturated rings. The van der Waals surface area contributed by atoms with E-state index in [1.807, 2.05) is 20.8 Å². The van der Waals surface area contributed by atoms with Gasteiger partial charge < -0.3 is 16.0 Å². The van der Waals surface area contributed by atoms with Crippen LogP contribution in [0.2, 0.25) is 0 Å². The lowest BCUT2D eigenvalue weighted by atomic mass is 10.2. The molecule has 0 atom stereocenters. The van der Waals surface area contributed by atoms with Crippen LogP contribution < -0.4 is 16.0 Å². The van der Waals surface area contributed by atoms with Crippen LogP contribution in [0.5, 0.6) is 0 Å². The fourth-order valence-corrected chi connectivity index (χ4v) is 1.61. The summed E-state index contributed by atoms with van der Waals surface area (Å²) in [5.41, 5.74) is -0.427. The van der Waals surface area contributed by atoms with Gasteiger partial charge in [0.1, 0.15) is 6.54 Å². The zero-order chi connectivity index (χ0) is 17.4. The third-order valence-corrected chi connectivity index (χ3v) is 2.71. The van der Waals surface area contributed by atoms with Crippen LogP contribution in [0.25, 0.3) is 0 Å². The van der Waals surface area contributed by atoms with E-state index in [1.54, 1.807) is 0 Å². The van der Waals surface area contributed by atoms with Crippen molar-refractivity contribution in [3.63, 3.8) is 0 Å². The Kier molecular flexibility index (Phi) is 10.4. The van der Waals surface area contributed by atoms with Gasteiger partial charge in [-0.1, -0.05) is 13.8 Å². The van der Waals surface area contributed by atoms with Crippen LogP contribution in [0.15, 0.2) is 17.1 Å². The second kappa shape index (κ2) is 11.1. The summed E-state index contributed by atoms with van der Waals surface area (Å²) in [7, 11) is 0. The van der Waals surface area contributed by atoms with Crippen molar-refractivity contribution in [3.05, 3.63) is 29.6 Å². The Morgan fingerprint density at radius 3 is 2.42 bits per heavy atom. The maximum Gasteiger partial charge on any atom is 0.246 e. The summed E-state index contributed by atoms with van der Waals surface area (Å²) in [5.74, 6) is -4.18. The van der Waals surface area contributed by atoms with Gasteiger partial charge in [0.05, 0.1) is 5.69 Å². The van der Waals surface area contributed by atoms with Gasteiger partial charge in [-0.15, -0.1) is 24.0 Å². The molecule has 1 rings (SSSR count). The van der Waals surface area contributed by atoms with Crippen LogP contribution in [-0.2, 0) is 4.79 Å². The molecule has 0 aromatic heterocycles. The van der Waals surface area contributed by atoms with E-state index in [-0.39, 0.29) is 30.5 Å². The van der Waals surface area contributed by atoms with E-state index in [4.69, 9.17) is 0 Å². The Morgan fingerprint density at radius 2 is 1.83 bits per heavy atom. The number of carbonyl (C=O) groups excluding carboxylic acids is 1. The second-order valence-electron chi connectivity index (χ2n) is 5.24. The summed E-state index contributed by atoms with van der Waals surface area (Å²) in [6, 6.07) is 1.70. The van der Waals surface area contributed by atoms with Crippen LogP contribution >= 0.6 is 24.0 Å². The molecular weight excluding hydrogens is 436 g/mol. The normalized spacial score (nSPS) is 11.0. The first kappa shape index (κ1) is 22.5. The average molecular weight is 458 g/mol. The van der Waals surface area contributed by atoms with E-state index in [9.17, 15) is 18.0 Å². The van der Waals surface area contributed by atoms with Crippen molar-refractivity contribution in [2.75, 3.05) is 25.0 Å². The Morgan fingerprint density at radius 1 is 1.17 bits per heavy atom. The minimum absolute atomic E-state index is 0. The lowest BCUT2D eigenvalue weighted by Gasteiger charge is -2.13. The average Bonchev–Trinajstić information content (AvgIpc) is 2.50. The third-order valence-electron chi connectivity index (χ3n) is 2.71. The molecule has 0 aliphatic heterocycles. The number of nitrogens with zero attached hydrogens (tertiary/aromatic N) is 1. The third kappa shape index (κ3) is 7.37. The van der Waals surface area contributed by atoms with Gasteiger partial charge in [0.25, 0.3) is 0 Å². The number of guanidine groups is 1. The van der Waals surface area contributed by atoms with Crippen molar-refractivity contribution >= 4 is 41.5 Å². The molecule has 0 bridgehead atoms. The molecule has 9 heteroatoms. The van der Waals surface area contributed by atoms with E-state index in [0.717, 1.165) is 12.1 Å². The number of nitrogens with one attached hydrogen (secondary N) is 3. The largest absolute Gasteiger partial charge is 0.357 e. The van der Waals surface area contributed by atoms with E-state index >= 15 is 0 Å². The van der Waals surface area contributed by atoms with E-state index in [2.05, 4.69) is 20.9 Å². The van der Waals surface area contributed by atoms with Crippen LogP contribution in [0.4, 0.5) is 18.9 Å². The standard InChI is InChI=1S/C15H21F3N4O.HI/c1-4-19-15(20-7-9(2)3)21-8-12(23)22-11-6-5-10(16)13(17)14(11)18;/h5-6,9H,4,7-8H2,1-3H3,(H,22,23)(H2,19,20,21);1H. The molecule has 1 aromatic carbocycles. The lowest BCUT2D eigenvalue weighted by molar-refractivity contribution is -0.114. The summed E-state index contributed by atoms with van der Waals surface area (Å²) in [5, 5.41) is 8.16. The zero-order valence-electron chi connectivity index (χ0n) is 13.8. The van der Waals surface area contributed by atoms with E-state index in [0.29, 0.717) is 25.0 Å². The number of hydrogen-bond acceptors (Lipinski definition) is 2. The molecule has 3 N–H and O–H groups in total. The van der Waals surface area contributed by atoms with Crippen molar-refractivity contribution in [3.8, 4) is 0 Å². The predicted octanol–water partition coefficient (Wildman–Crippen LogP) is 2.87. The number of carbonyl (C=O) groups is 1. The van der Waals surface area contributed by atoms with Gasteiger partial charge in [0, 0.05) is 13.1 Å². The molecule has 136 valence electrons. The summed E-state index contributed by atoms with van der Waals surface area (Å²) < 4.78 is 39.4. The molecule has 1 aromatic rings. The lowest BCUT2D eigenvalue weighted by Crippen LogP contribution is -2.39. The highest BCUT2D eigenvalue weighted by Crippen LogP contribution is 2.19. The predicted molar refractivity (Wildman–Crippen MR) is 99.2 cm³/mol. The first-order valence-corrected chi connectivity index (χ1v) is 7.30. The molecule has 0 unspecified atom stereocenters. The first-order chi connectivity index (χ1) is 10.8. The summed E-state index contributed by atoms with van der Waals surface area (Å²) >= 11 is 0. The molecule has 0 spiro atoms. The van der Waals surface area contributed by atoms with Crippen LogP contribution in [0.3, 0.4) is 0 Å². The monoisotopic (exact) mass is 458 g/mol. The first-order valence-electron chi connectivity index (χ1n) is 7.30. The van der Waals surface area contributed by atoms with Gasteiger partial charge in [0.15, 0.2) is 23.4 Å². The number of aliphatic imine (C=N–C) groups is 1. The van der Waals surface area contributed by atoms with Gasteiger partial charge in [0.2, 0.25) is 5.91 Å². The van der Waals surface area contributed by atoms with Crippen LogP contribution in [-0.4, -0.2) is 31.5 Å². The molecule has 5 nitrogen and oxygen atoms in total. The number of rotatable bonds is 6. The highest BCUT2D eigenvalue weighted by atomic mass is 127. The molecule has 1 amide bonds. The molecule has 0 heterocycles. The highest BCUT2D eigenvalue weighted by molar-refractivity contribution is 14.0. The molecule has 24 heavy (non-hydrogen) atoms. The summed E-state index contributed by atoms with van der Waals surface area (Å²) in [4.78, 5) is 15.8. The number of halogens is 4. The maximum absolute atomic E-state index is 13.5. The number of hydrogen-bond donors (Lipinski definition) is 3. The fourth-order valence-electron chi connectivity index (χ4n) is 1.61. The van der Waals surface area contributed by atoms with Gasteiger partial charge in [-0.25, -0.2) is 18.2 Å². The molecule has 0 aliphatic rings. The Hall–Kier alpha value is -1.52. The van der Waals surface area contributed by atoms with E-state index in [1.165, 1.54) is 0 Å². The number of amides is 1. The van der Waals surface area contributed by atoms with Gasteiger partial charge in [-0.05, 0) is 25.0 Å². The maximum atomic E-state index is 13.5. The zero-order valence-corrected chi connectivity index (χ0v) is 16.1. The van der Waals surface area contributed by atoms with Crippen LogP contribution in [0.1, 0.15) is 20.8 Å². The minimum Gasteiger partial charge on any atom is -0.357 e. The Labute approximate surface area is 156 Å². The second-order valence-corrected chi connectivity index (χ2v) is 5.24. The number of benzene rings is 1. The molecule has 0 saturated carbocycles. The Balaban J connectivity index is 0.00000529. The summed E-state index contributed by atoms with van der Waals surface area (Å²) in [6.45, 7) is 6.92. The molecular formula is C15H22F3IN4O. The smallest absolute Gasteiger partial charge is 0.246 e. The van der Waals surface area contributed by atoms with Crippen molar-refractivity contribution in [2.45, 2.75) is 20.8 Å². The van der Waals surface area contributed by atoms with Crippen molar-refractivity contribution in [2.24, 2.45) is 10.9 Å².